The highest BCUT2D eigenvalue weighted by Gasteiger charge is 2.16. The molecule has 0 aromatic heterocycles. The summed E-state index contributed by atoms with van der Waals surface area (Å²) in [4.78, 5) is 0. The van der Waals surface area contributed by atoms with E-state index in [1.165, 1.54) is 27.5 Å². The van der Waals surface area contributed by atoms with E-state index in [1.54, 1.807) is 0 Å². The molecule has 3 aromatic rings. The summed E-state index contributed by atoms with van der Waals surface area (Å²) >= 11 is 6.33. The first-order valence-electron chi connectivity index (χ1n) is 7.30. The second kappa shape index (κ2) is 4.87. The molecule has 0 spiro atoms. The van der Waals surface area contributed by atoms with E-state index < -0.39 is 0 Å². The molecule has 21 heavy (non-hydrogen) atoms. The summed E-state index contributed by atoms with van der Waals surface area (Å²) in [5, 5.41) is 3.52. The first-order chi connectivity index (χ1) is 10.3. The minimum atomic E-state index is 0.475. The zero-order valence-corrected chi connectivity index (χ0v) is 12.5. The van der Waals surface area contributed by atoms with Crippen molar-refractivity contribution >= 4 is 22.4 Å². The minimum absolute atomic E-state index is 0.475. The molecular formula is C19H16ClN. The molecule has 0 bridgehead atoms. The van der Waals surface area contributed by atoms with Gasteiger partial charge in [-0.3, -0.25) is 0 Å². The quantitative estimate of drug-likeness (QED) is 0.727. The molecule has 0 heterocycles. The van der Waals surface area contributed by atoms with Crippen LogP contribution in [-0.2, 0) is 19.4 Å². The fraction of sp³-hybridized carbons (Fsp3) is 0.158. The summed E-state index contributed by atoms with van der Waals surface area (Å²) < 4.78 is 0. The molecule has 0 radical (unpaired) electrons. The third-order valence-electron chi connectivity index (χ3n) is 4.46. The van der Waals surface area contributed by atoms with Crippen LogP contribution in [0.1, 0.15) is 16.7 Å². The molecule has 0 saturated heterocycles. The smallest absolute Gasteiger partial charge is 0.0457 e. The number of aryl methyl sites for hydroxylation is 2. The molecule has 104 valence electrons. The van der Waals surface area contributed by atoms with Crippen LogP contribution in [0.2, 0.25) is 5.02 Å². The van der Waals surface area contributed by atoms with Gasteiger partial charge in [-0.2, -0.15) is 0 Å². The van der Waals surface area contributed by atoms with E-state index in [-0.39, 0.29) is 0 Å². The average molecular weight is 294 g/mol. The molecular weight excluding hydrogens is 278 g/mol. The monoisotopic (exact) mass is 293 g/mol. The van der Waals surface area contributed by atoms with Crippen LogP contribution in [0.5, 0.6) is 0 Å². The first kappa shape index (κ1) is 12.9. The standard InChI is InChI=1S/C19H16ClN/c20-18-10-14(6-7-15(18)11-21)16-9-8-13-5-4-12-2-1-3-17(16)19(12)13/h1-3,6-10H,4-5,11,21H2. The molecule has 1 nitrogen and oxygen atoms in total. The van der Waals surface area contributed by atoms with Gasteiger partial charge in [0, 0.05) is 11.6 Å². The van der Waals surface area contributed by atoms with E-state index in [0.717, 1.165) is 29.0 Å². The highest BCUT2D eigenvalue weighted by molar-refractivity contribution is 6.31. The van der Waals surface area contributed by atoms with Gasteiger partial charge < -0.3 is 5.73 Å². The lowest BCUT2D eigenvalue weighted by Gasteiger charge is -2.11. The van der Waals surface area contributed by atoms with Gasteiger partial charge in [-0.15, -0.1) is 0 Å². The third-order valence-corrected chi connectivity index (χ3v) is 4.81. The van der Waals surface area contributed by atoms with Crippen LogP contribution in [0, 0.1) is 0 Å². The fourth-order valence-electron chi connectivity index (χ4n) is 3.38. The lowest BCUT2D eigenvalue weighted by atomic mass is 9.95. The van der Waals surface area contributed by atoms with Crippen LogP contribution < -0.4 is 5.73 Å². The molecule has 0 amide bonds. The normalized spacial score (nSPS) is 13.0. The van der Waals surface area contributed by atoms with Gasteiger partial charge in [0.05, 0.1) is 0 Å². The Kier molecular flexibility index (Phi) is 2.99. The molecule has 1 aliphatic carbocycles. The predicted molar refractivity (Wildman–Crippen MR) is 89.7 cm³/mol. The number of hydrogen-bond donors (Lipinski definition) is 1. The van der Waals surface area contributed by atoms with E-state index in [9.17, 15) is 0 Å². The maximum Gasteiger partial charge on any atom is 0.0457 e. The van der Waals surface area contributed by atoms with Crippen LogP contribution in [0.25, 0.3) is 21.9 Å². The van der Waals surface area contributed by atoms with Gasteiger partial charge in [-0.1, -0.05) is 54.1 Å². The molecule has 3 aromatic carbocycles. The van der Waals surface area contributed by atoms with Crippen molar-refractivity contribution in [2.45, 2.75) is 19.4 Å². The summed E-state index contributed by atoms with van der Waals surface area (Å²) in [6.07, 6.45) is 2.31. The van der Waals surface area contributed by atoms with E-state index in [2.05, 4.69) is 36.4 Å². The molecule has 2 N–H and O–H groups in total. The Labute approximate surface area is 129 Å². The summed E-state index contributed by atoms with van der Waals surface area (Å²) in [5.41, 5.74) is 12.0. The number of benzene rings is 3. The summed E-state index contributed by atoms with van der Waals surface area (Å²) in [5.74, 6) is 0. The Hall–Kier alpha value is -1.83. The highest BCUT2D eigenvalue weighted by Crippen LogP contribution is 2.37. The Bertz CT molecular complexity index is 841. The molecule has 4 rings (SSSR count). The van der Waals surface area contributed by atoms with Crippen LogP contribution in [0.15, 0.2) is 48.5 Å². The van der Waals surface area contributed by atoms with Crippen LogP contribution in [0.4, 0.5) is 0 Å². The van der Waals surface area contributed by atoms with E-state index in [1.807, 2.05) is 12.1 Å². The van der Waals surface area contributed by atoms with Gasteiger partial charge in [0.15, 0.2) is 0 Å². The molecule has 1 aliphatic rings. The Morgan fingerprint density at radius 2 is 1.76 bits per heavy atom. The second-order valence-electron chi connectivity index (χ2n) is 5.62. The molecule has 0 unspecified atom stereocenters. The minimum Gasteiger partial charge on any atom is -0.326 e. The predicted octanol–water partition coefficient (Wildman–Crippen LogP) is 4.72. The van der Waals surface area contributed by atoms with Crippen molar-refractivity contribution in [2.75, 3.05) is 0 Å². The van der Waals surface area contributed by atoms with E-state index in [4.69, 9.17) is 17.3 Å². The maximum absolute atomic E-state index is 6.33. The van der Waals surface area contributed by atoms with Crippen molar-refractivity contribution in [3.05, 3.63) is 70.2 Å². The second-order valence-corrected chi connectivity index (χ2v) is 6.03. The van der Waals surface area contributed by atoms with Gasteiger partial charge >= 0.3 is 0 Å². The van der Waals surface area contributed by atoms with Gasteiger partial charge in [0.2, 0.25) is 0 Å². The van der Waals surface area contributed by atoms with Crippen molar-refractivity contribution < 1.29 is 0 Å². The van der Waals surface area contributed by atoms with Gasteiger partial charge in [-0.25, -0.2) is 0 Å². The molecule has 0 fully saturated rings. The zero-order chi connectivity index (χ0) is 14.4. The molecule has 2 heteroatoms. The van der Waals surface area contributed by atoms with Crippen LogP contribution in [0.3, 0.4) is 0 Å². The maximum atomic E-state index is 6.33. The number of nitrogens with two attached hydrogens (primary N) is 1. The van der Waals surface area contributed by atoms with Crippen LogP contribution >= 0.6 is 11.6 Å². The Morgan fingerprint density at radius 3 is 2.52 bits per heavy atom. The Balaban J connectivity index is 1.98. The molecule has 0 saturated carbocycles. The van der Waals surface area contributed by atoms with E-state index >= 15 is 0 Å². The van der Waals surface area contributed by atoms with Crippen molar-refractivity contribution in [2.24, 2.45) is 5.73 Å². The molecule has 0 aliphatic heterocycles. The lowest BCUT2D eigenvalue weighted by molar-refractivity contribution is 1.02. The third kappa shape index (κ3) is 1.97. The zero-order valence-electron chi connectivity index (χ0n) is 11.7. The van der Waals surface area contributed by atoms with Crippen molar-refractivity contribution in [1.82, 2.24) is 0 Å². The number of halogens is 1. The number of rotatable bonds is 2. The summed E-state index contributed by atoms with van der Waals surface area (Å²) in [7, 11) is 0. The summed E-state index contributed by atoms with van der Waals surface area (Å²) in [6.45, 7) is 0.475. The highest BCUT2D eigenvalue weighted by atomic mass is 35.5. The van der Waals surface area contributed by atoms with Crippen molar-refractivity contribution in [1.29, 1.82) is 0 Å². The van der Waals surface area contributed by atoms with Crippen molar-refractivity contribution in [3.63, 3.8) is 0 Å². The lowest BCUT2D eigenvalue weighted by Crippen LogP contribution is -1.97. The Morgan fingerprint density at radius 1 is 0.952 bits per heavy atom. The topological polar surface area (TPSA) is 26.0 Å². The van der Waals surface area contributed by atoms with Gasteiger partial charge in [0.1, 0.15) is 0 Å². The van der Waals surface area contributed by atoms with Gasteiger partial charge in [-0.05, 0) is 57.5 Å². The van der Waals surface area contributed by atoms with Crippen LogP contribution in [-0.4, -0.2) is 0 Å². The van der Waals surface area contributed by atoms with Gasteiger partial charge in [0.25, 0.3) is 0 Å². The first-order valence-corrected chi connectivity index (χ1v) is 7.68. The number of hydrogen-bond acceptors (Lipinski definition) is 1. The fourth-order valence-corrected chi connectivity index (χ4v) is 3.64. The SMILES string of the molecule is NCc1ccc(-c2ccc3c4c(cccc24)CC3)cc1Cl. The summed E-state index contributed by atoms with van der Waals surface area (Å²) in [6, 6.07) is 17.3. The largest absolute Gasteiger partial charge is 0.326 e. The average Bonchev–Trinajstić information content (AvgIpc) is 2.93. The van der Waals surface area contributed by atoms with Crippen molar-refractivity contribution in [3.8, 4) is 11.1 Å². The van der Waals surface area contributed by atoms with E-state index in [0.29, 0.717) is 6.54 Å². The molecule has 0 atom stereocenters.